The molecule has 0 aromatic carbocycles. The van der Waals surface area contributed by atoms with E-state index in [2.05, 4.69) is 12.2 Å². The van der Waals surface area contributed by atoms with E-state index in [1.54, 1.807) is 0 Å². The van der Waals surface area contributed by atoms with E-state index in [0.717, 1.165) is 17.9 Å². The van der Waals surface area contributed by atoms with Crippen molar-refractivity contribution < 1.29 is 0 Å². The summed E-state index contributed by atoms with van der Waals surface area (Å²) < 4.78 is 0. The molecule has 12 heavy (non-hydrogen) atoms. The number of fused-ring (bicyclic) bond motifs is 1. The van der Waals surface area contributed by atoms with Crippen LogP contribution in [0.4, 0.5) is 0 Å². The number of nitrogens with one attached hydrogen (secondary N) is 1. The van der Waals surface area contributed by atoms with Crippen LogP contribution in [0.5, 0.6) is 0 Å². The lowest BCUT2D eigenvalue weighted by molar-refractivity contribution is 0.318. The lowest BCUT2D eigenvalue weighted by atomic mass is 9.94. The van der Waals surface area contributed by atoms with Crippen LogP contribution in [0.25, 0.3) is 0 Å². The average molecular weight is 169 g/mol. The maximum absolute atomic E-state index is 3.61. The predicted molar refractivity (Wildman–Crippen MR) is 54.3 cm³/mol. The molecule has 1 aliphatic heterocycles. The first-order chi connectivity index (χ1) is 5.86. The highest BCUT2D eigenvalue weighted by Gasteiger charge is 2.32. The van der Waals surface area contributed by atoms with E-state index < -0.39 is 0 Å². The van der Waals surface area contributed by atoms with Gasteiger partial charge in [0.05, 0.1) is 0 Å². The molecular weight excluding hydrogens is 146 g/mol. The van der Waals surface area contributed by atoms with Crippen LogP contribution in [0, 0.1) is 11.8 Å². The molecule has 2 rings (SSSR count). The Kier molecular flexibility index (Phi) is 4.07. The maximum atomic E-state index is 3.61. The van der Waals surface area contributed by atoms with Crippen molar-refractivity contribution in [2.75, 3.05) is 6.54 Å². The molecule has 0 aromatic heterocycles. The van der Waals surface area contributed by atoms with Crippen molar-refractivity contribution in [3.05, 3.63) is 0 Å². The Hall–Kier alpha value is -0.0400. The molecule has 0 amide bonds. The summed E-state index contributed by atoms with van der Waals surface area (Å²) in [4.78, 5) is 0. The van der Waals surface area contributed by atoms with Crippen molar-refractivity contribution in [1.82, 2.24) is 5.32 Å². The summed E-state index contributed by atoms with van der Waals surface area (Å²) in [6, 6.07) is 0.892. The van der Waals surface area contributed by atoms with Gasteiger partial charge in [-0.15, -0.1) is 0 Å². The van der Waals surface area contributed by atoms with Crippen molar-refractivity contribution in [2.24, 2.45) is 11.8 Å². The lowest BCUT2D eigenvalue weighted by Crippen LogP contribution is -2.37. The van der Waals surface area contributed by atoms with Gasteiger partial charge in [-0.2, -0.15) is 0 Å². The van der Waals surface area contributed by atoms with E-state index >= 15 is 0 Å². The molecule has 2 fully saturated rings. The van der Waals surface area contributed by atoms with Crippen LogP contribution >= 0.6 is 0 Å². The van der Waals surface area contributed by atoms with Crippen LogP contribution in [0.1, 0.15) is 46.5 Å². The standard InChI is InChI=1S/C9H17N.C2H6/c1-7-5-8-3-2-4-10-9(8)6-7;1-2/h7-10H,2-6H2,1H3;1-2H3. The summed E-state index contributed by atoms with van der Waals surface area (Å²) in [5, 5.41) is 3.61. The molecule has 0 radical (unpaired) electrons. The quantitative estimate of drug-likeness (QED) is 0.588. The van der Waals surface area contributed by atoms with Crippen LogP contribution in [-0.2, 0) is 0 Å². The lowest BCUT2D eigenvalue weighted by Gasteiger charge is -2.26. The summed E-state index contributed by atoms with van der Waals surface area (Å²) in [6.07, 6.45) is 5.82. The Balaban J connectivity index is 0.000000336. The fourth-order valence-electron chi connectivity index (χ4n) is 2.62. The minimum Gasteiger partial charge on any atom is -0.314 e. The molecule has 1 heteroatoms. The van der Waals surface area contributed by atoms with Gasteiger partial charge < -0.3 is 5.32 Å². The average Bonchev–Trinajstić information content (AvgIpc) is 2.48. The zero-order valence-corrected chi connectivity index (χ0v) is 8.77. The zero-order chi connectivity index (χ0) is 8.97. The largest absolute Gasteiger partial charge is 0.314 e. The van der Waals surface area contributed by atoms with Gasteiger partial charge in [0.2, 0.25) is 0 Å². The minimum atomic E-state index is 0.892. The molecule has 3 unspecified atom stereocenters. The van der Waals surface area contributed by atoms with Gasteiger partial charge in [0, 0.05) is 6.04 Å². The summed E-state index contributed by atoms with van der Waals surface area (Å²) in [6.45, 7) is 7.66. The first kappa shape index (κ1) is 10.0. The van der Waals surface area contributed by atoms with E-state index in [0.29, 0.717) is 0 Å². The van der Waals surface area contributed by atoms with Gasteiger partial charge in [-0.3, -0.25) is 0 Å². The summed E-state index contributed by atoms with van der Waals surface area (Å²) in [5.41, 5.74) is 0. The first-order valence-corrected chi connectivity index (χ1v) is 5.59. The van der Waals surface area contributed by atoms with Crippen LogP contribution in [0.3, 0.4) is 0 Å². The van der Waals surface area contributed by atoms with Crippen molar-refractivity contribution in [2.45, 2.75) is 52.5 Å². The Morgan fingerprint density at radius 1 is 1.17 bits per heavy atom. The van der Waals surface area contributed by atoms with Crippen molar-refractivity contribution in [3.8, 4) is 0 Å². The number of hydrogen-bond acceptors (Lipinski definition) is 1. The Labute approximate surface area is 76.9 Å². The van der Waals surface area contributed by atoms with Gasteiger partial charge >= 0.3 is 0 Å². The molecular formula is C11H23N. The van der Waals surface area contributed by atoms with E-state index in [4.69, 9.17) is 0 Å². The SMILES string of the molecule is CC.CC1CC2CCCNC2C1. The monoisotopic (exact) mass is 169 g/mol. The number of hydrogen-bond donors (Lipinski definition) is 1. The van der Waals surface area contributed by atoms with Crippen molar-refractivity contribution >= 4 is 0 Å². The van der Waals surface area contributed by atoms with Gasteiger partial charge in [0.25, 0.3) is 0 Å². The van der Waals surface area contributed by atoms with Crippen molar-refractivity contribution in [3.63, 3.8) is 0 Å². The third-order valence-electron chi connectivity index (χ3n) is 3.09. The molecule has 3 atom stereocenters. The van der Waals surface area contributed by atoms with Gasteiger partial charge in [-0.1, -0.05) is 20.8 Å². The van der Waals surface area contributed by atoms with Crippen LogP contribution in [0.2, 0.25) is 0 Å². The van der Waals surface area contributed by atoms with E-state index in [-0.39, 0.29) is 0 Å². The smallest absolute Gasteiger partial charge is 0.00979 e. The molecule has 1 aliphatic carbocycles. The first-order valence-electron chi connectivity index (χ1n) is 5.59. The highest BCUT2D eigenvalue weighted by molar-refractivity contribution is 4.89. The molecule has 1 saturated heterocycles. The Bertz CT molecular complexity index is 108. The number of piperidine rings is 1. The third-order valence-corrected chi connectivity index (χ3v) is 3.09. The van der Waals surface area contributed by atoms with E-state index in [1.807, 2.05) is 13.8 Å². The van der Waals surface area contributed by atoms with Crippen LogP contribution in [0.15, 0.2) is 0 Å². The maximum Gasteiger partial charge on any atom is 0.00979 e. The van der Waals surface area contributed by atoms with E-state index in [9.17, 15) is 0 Å². The second-order valence-electron chi connectivity index (χ2n) is 4.04. The minimum absolute atomic E-state index is 0.892. The fourth-order valence-corrected chi connectivity index (χ4v) is 2.62. The zero-order valence-electron chi connectivity index (χ0n) is 8.77. The highest BCUT2D eigenvalue weighted by Crippen LogP contribution is 2.35. The van der Waals surface area contributed by atoms with Gasteiger partial charge in [-0.25, -0.2) is 0 Å². The summed E-state index contributed by atoms with van der Waals surface area (Å²) in [7, 11) is 0. The molecule has 1 heterocycles. The van der Waals surface area contributed by atoms with Crippen molar-refractivity contribution in [1.29, 1.82) is 0 Å². The molecule has 0 aromatic rings. The topological polar surface area (TPSA) is 12.0 Å². The third kappa shape index (κ3) is 2.22. The molecule has 1 N–H and O–H groups in total. The molecule has 2 aliphatic rings. The summed E-state index contributed by atoms with van der Waals surface area (Å²) in [5.74, 6) is 2.02. The second-order valence-corrected chi connectivity index (χ2v) is 4.04. The Morgan fingerprint density at radius 3 is 2.58 bits per heavy atom. The summed E-state index contributed by atoms with van der Waals surface area (Å²) >= 11 is 0. The molecule has 1 saturated carbocycles. The highest BCUT2D eigenvalue weighted by atomic mass is 14.9. The molecule has 0 bridgehead atoms. The molecule has 1 nitrogen and oxygen atoms in total. The van der Waals surface area contributed by atoms with Crippen LogP contribution in [-0.4, -0.2) is 12.6 Å². The predicted octanol–water partition coefficient (Wildman–Crippen LogP) is 2.81. The van der Waals surface area contributed by atoms with Crippen LogP contribution < -0.4 is 5.32 Å². The normalized spacial score (nSPS) is 39.8. The van der Waals surface area contributed by atoms with Gasteiger partial charge in [-0.05, 0) is 44.1 Å². The fraction of sp³-hybridized carbons (Fsp3) is 1.00. The molecule has 72 valence electrons. The number of rotatable bonds is 0. The van der Waals surface area contributed by atoms with Gasteiger partial charge in [0.1, 0.15) is 0 Å². The Morgan fingerprint density at radius 2 is 1.92 bits per heavy atom. The second kappa shape index (κ2) is 4.86. The van der Waals surface area contributed by atoms with E-state index in [1.165, 1.54) is 32.2 Å². The van der Waals surface area contributed by atoms with Gasteiger partial charge in [0.15, 0.2) is 0 Å². The molecule has 0 spiro atoms.